The number of nitrogens with zero attached hydrogens (tertiary/aromatic N) is 4. The number of phosphoric acid groups is 1. The molecule has 2 aromatic heterocycles. The van der Waals surface area contributed by atoms with Crippen LogP contribution in [-0.4, -0.2) is 53.2 Å². The number of cyclic esters (lactones) is 1. The van der Waals surface area contributed by atoms with E-state index in [0.717, 1.165) is 48.1 Å². The SMILES string of the molecule is CCCCOP(=O)(OCCCC)OC[C@@H]1OC(=O)N2c3ccc(-c4ccc(-c5nnc(C)o5)nc4)cc3C[C@@H]12. The summed E-state index contributed by atoms with van der Waals surface area (Å²) in [5.41, 5.74) is 4.29. The standard InChI is InChI=1S/C27H33N4O7P/c1-4-6-12-34-39(33,35-13-7-5-2)36-17-25-24-15-21-14-19(9-11-23(21)31(24)27(32)38-25)20-8-10-22(28-16-20)26-30-29-18(3)37-26/h8-11,14,16,24-25H,4-7,12-13,15,17H2,1-3H3/t24-,25-/m0/s1. The first-order chi connectivity index (χ1) is 18.9. The van der Waals surface area contributed by atoms with Crippen LogP contribution in [0.5, 0.6) is 0 Å². The maximum atomic E-state index is 13.2. The molecular formula is C27H33N4O7P. The van der Waals surface area contributed by atoms with Gasteiger partial charge in [-0.05, 0) is 48.6 Å². The molecule has 2 aliphatic rings. The van der Waals surface area contributed by atoms with Gasteiger partial charge in [-0.15, -0.1) is 10.2 Å². The number of pyridine rings is 1. The molecular weight excluding hydrogens is 523 g/mol. The number of fused-ring (bicyclic) bond motifs is 3. The molecule has 0 spiro atoms. The molecule has 0 aliphatic carbocycles. The van der Waals surface area contributed by atoms with Crippen molar-refractivity contribution in [2.24, 2.45) is 0 Å². The largest absolute Gasteiger partial charge is 0.474 e. The predicted octanol–water partition coefficient (Wildman–Crippen LogP) is 6.12. The van der Waals surface area contributed by atoms with Gasteiger partial charge in [0.15, 0.2) is 0 Å². The highest BCUT2D eigenvalue weighted by Gasteiger charge is 2.48. The van der Waals surface area contributed by atoms with E-state index >= 15 is 0 Å². The van der Waals surface area contributed by atoms with E-state index in [-0.39, 0.29) is 25.9 Å². The Morgan fingerprint density at radius 1 is 1.03 bits per heavy atom. The fourth-order valence-corrected chi connectivity index (χ4v) is 5.87. The van der Waals surface area contributed by atoms with Crippen molar-refractivity contribution in [3.05, 3.63) is 48.0 Å². The van der Waals surface area contributed by atoms with Gasteiger partial charge in [0.25, 0.3) is 5.89 Å². The van der Waals surface area contributed by atoms with Crippen LogP contribution in [0.25, 0.3) is 22.7 Å². The van der Waals surface area contributed by atoms with Crippen molar-refractivity contribution in [1.29, 1.82) is 0 Å². The molecule has 208 valence electrons. The van der Waals surface area contributed by atoms with Crippen LogP contribution in [0, 0.1) is 6.92 Å². The average Bonchev–Trinajstić information content (AvgIpc) is 3.62. The van der Waals surface area contributed by atoms with Crippen LogP contribution in [-0.2, 0) is 29.3 Å². The first-order valence-corrected chi connectivity index (χ1v) is 14.8. The van der Waals surface area contributed by atoms with Gasteiger partial charge in [0, 0.05) is 18.7 Å². The fraction of sp³-hybridized carbons (Fsp3) is 0.481. The van der Waals surface area contributed by atoms with Gasteiger partial charge in [0.05, 0.1) is 31.5 Å². The van der Waals surface area contributed by atoms with E-state index in [9.17, 15) is 9.36 Å². The molecule has 12 heteroatoms. The quantitative estimate of drug-likeness (QED) is 0.180. The monoisotopic (exact) mass is 556 g/mol. The number of ether oxygens (including phenoxy) is 1. The summed E-state index contributed by atoms with van der Waals surface area (Å²) in [6.45, 7) is 6.24. The Balaban J connectivity index is 1.27. The van der Waals surface area contributed by atoms with Crippen molar-refractivity contribution in [2.45, 2.75) is 65.0 Å². The first-order valence-electron chi connectivity index (χ1n) is 13.3. The van der Waals surface area contributed by atoms with E-state index in [4.69, 9.17) is 22.7 Å². The summed E-state index contributed by atoms with van der Waals surface area (Å²) in [5, 5.41) is 7.85. The van der Waals surface area contributed by atoms with Gasteiger partial charge in [0.1, 0.15) is 11.8 Å². The molecule has 1 aromatic carbocycles. The molecule has 5 rings (SSSR count). The van der Waals surface area contributed by atoms with Crippen LogP contribution in [0.4, 0.5) is 10.5 Å². The lowest BCUT2D eigenvalue weighted by Crippen LogP contribution is -2.35. The molecule has 0 radical (unpaired) electrons. The third-order valence-electron chi connectivity index (χ3n) is 6.71. The van der Waals surface area contributed by atoms with Crippen LogP contribution in [0.1, 0.15) is 51.0 Å². The molecule has 0 unspecified atom stereocenters. The zero-order valence-electron chi connectivity index (χ0n) is 22.4. The molecule has 1 fully saturated rings. The average molecular weight is 557 g/mol. The third-order valence-corrected chi connectivity index (χ3v) is 8.17. The maximum Gasteiger partial charge on any atom is 0.474 e. The molecule has 1 saturated heterocycles. The smallest absolute Gasteiger partial charge is 0.441 e. The van der Waals surface area contributed by atoms with E-state index in [1.165, 1.54) is 0 Å². The van der Waals surface area contributed by atoms with Crippen molar-refractivity contribution in [2.75, 3.05) is 24.7 Å². The number of carbonyl (C=O) groups is 1. The molecule has 2 atom stereocenters. The lowest BCUT2D eigenvalue weighted by Gasteiger charge is -2.21. The minimum Gasteiger partial charge on any atom is -0.441 e. The number of amides is 1. The van der Waals surface area contributed by atoms with Crippen molar-refractivity contribution >= 4 is 19.6 Å². The number of hydrogen-bond donors (Lipinski definition) is 0. The molecule has 11 nitrogen and oxygen atoms in total. The van der Waals surface area contributed by atoms with Crippen molar-refractivity contribution < 1.29 is 32.1 Å². The Morgan fingerprint density at radius 3 is 2.41 bits per heavy atom. The molecule has 0 N–H and O–H groups in total. The second-order valence-corrected chi connectivity index (χ2v) is 11.3. The summed E-state index contributed by atoms with van der Waals surface area (Å²) in [5.74, 6) is 0.851. The summed E-state index contributed by atoms with van der Waals surface area (Å²) in [6, 6.07) is 9.42. The number of anilines is 1. The van der Waals surface area contributed by atoms with E-state index < -0.39 is 20.0 Å². The summed E-state index contributed by atoms with van der Waals surface area (Å²) in [6.07, 6.45) is 4.55. The van der Waals surface area contributed by atoms with Crippen LogP contribution in [0.2, 0.25) is 0 Å². The minimum atomic E-state index is -3.77. The molecule has 39 heavy (non-hydrogen) atoms. The lowest BCUT2D eigenvalue weighted by atomic mass is 10.0. The van der Waals surface area contributed by atoms with E-state index in [2.05, 4.69) is 21.2 Å². The van der Waals surface area contributed by atoms with Gasteiger partial charge in [0.2, 0.25) is 5.89 Å². The van der Waals surface area contributed by atoms with E-state index in [1.54, 1.807) is 18.0 Å². The highest BCUT2D eigenvalue weighted by atomic mass is 31.2. The zero-order valence-corrected chi connectivity index (χ0v) is 23.3. The second-order valence-electron chi connectivity index (χ2n) is 9.58. The molecule has 2 aliphatic heterocycles. The van der Waals surface area contributed by atoms with E-state index in [0.29, 0.717) is 23.9 Å². The highest BCUT2D eigenvalue weighted by Crippen LogP contribution is 2.51. The number of phosphoric ester groups is 1. The number of aryl methyl sites for hydroxylation is 1. The molecule has 4 heterocycles. The summed E-state index contributed by atoms with van der Waals surface area (Å²) < 4.78 is 41.0. The topological polar surface area (TPSA) is 126 Å². The maximum absolute atomic E-state index is 13.2. The summed E-state index contributed by atoms with van der Waals surface area (Å²) in [7, 11) is -3.77. The molecule has 1 amide bonds. The zero-order chi connectivity index (χ0) is 27.4. The van der Waals surface area contributed by atoms with Crippen molar-refractivity contribution in [1.82, 2.24) is 15.2 Å². The van der Waals surface area contributed by atoms with Crippen LogP contribution >= 0.6 is 7.82 Å². The number of benzene rings is 1. The second kappa shape index (κ2) is 12.0. The fourth-order valence-electron chi connectivity index (χ4n) is 4.61. The van der Waals surface area contributed by atoms with Crippen LogP contribution in [0.3, 0.4) is 0 Å². The molecule has 3 aromatic rings. The van der Waals surface area contributed by atoms with Gasteiger partial charge >= 0.3 is 13.9 Å². The van der Waals surface area contributed by atoms with Crippen LogP contribution in [0.15, 0.2) is 40.9 Å². The van der Waals surface area contributed by atoms with Crippen LogP contribution < -0.4 is 4.90 Å². The molecule has 0 bridgehead atoms. The third kappa shape index (κ3) is 6.06. The summed E-state index contributed by atoms with van der Waals surface area (Å²) >= 11 is 0. The highest BCUT2D eigenvalue weighted by molar-refractivity contribution is 7.48. The Hall–Kier alpha value is -3.11. The first kappa shape index (κ1) is 27.5. The van der Waals surface area contributed by atoms with Crippen molar-refractivity contribution in [3.63, 3.8) is 0 Å². The Bertz CT molecular complexity index is 1330. The summed E-state index contributed by atoms with van der Waals surface area (Å²) in [4.78, 5) is 18.9. The van der Waals surface area contributed by atoms with Gasteiger partial charge in [-0.25, -0.2) is 9.36 Å². The molecule has 0 saturated carbocycles. The number of aromatic nitrogens is 3. The number of rotatable bonds is 13. The Labute approximate surface area is 227 Å². The van der Waals surface area contributed by atoms with Gasteiger partial charge < -0.3 is 9.15 Å². The Morgan fingerprint density at radius 2 is 1.77 bits per heavy atom. The minimum absolute atomic E-state index is 0.0796. The van der Waals surface area contributed by atoms with E-state index in [1.807, 2.05) is 38.1 Å². The predicted molar refractivity (Wildman–Crippen MR) is 143 cm³/mol. The van der Waals surface area contributed by atoms with Crippen molar-refractivity contribution in [3.8, 4) is 22.7 Å². The Kier molecular flexibility index (Phi) is 8.42. The number of carbonyl (C=O) groups excluding carboxylic acids is 1. The van der Waals surface area contributed by atoms with Gasteiger partial charge in [-0.1, -0.05) is 38.8 Å². The van der Waals surface area contributed by atoms with Gasteiger partial charge in [-0.2, -0.15) is 0 Å². The number of hydrogen-bond acceptors (Lipinski definition) is 10. The normalized spacial score (nSPS) is 18.3. The van der Waals surface area contributed by atoms with Gasteiger partial charge in [-0.3, -0.25) is 23.5 Å². The lowest BCUT2D eigenvalue weighted by molar-refractivity contribution is 0.0551. The number of unbranched alkanes of at least 4 members (excludes halogenated alkanes) is 2.